The van der Waals surface area contributed by atoms with Crippen molar-refractivity contribution < 1.29 is 13.2 Å². The molecule has 1 aliphatic heterocycles. The number of amides is 1. The third-order valence-electron chi connectivity index (χ3n) is 3.40. The number of carbonyl (C=O) groups excluding carboxylic acids is 1. The van der Waals surface area contributed by atoms with Crippen LogP contribution >= 0.6 is 0 Å². The van der Waals surface area contributed by atoms with Crippen LogP contribution in [0.25, 0.3) is 0 Å². The van der Waals surface area contributed by atoms with Gasteiger partial charge in [-0.15, -0.1) is 10.2 Å². The molecule has 1 fully saturated rings. The van der Waals surface area contributed by atoms with Crippen LogP contribution in [0.4, 0.5) is 5.82 Å². The van der Waals surface area contributed by atoms with Crippen LogP contribution in [0.2, 0.25) is 0 Å². The van der Waals surface area contributed by atoms with E-state index in [2.05, 4.69) is 15.5 Å². The van der Waals surface area contributed by atoms with Crippen molar-refractivity contribution in [2.75, 3.05) is 23.9 Å². The fraction of sp³-hybridized carbons (Fsp3) is 0.615. The van der Waals surface area contributed by atoms with Crippen LogP contribution in [-0.2, 0) is 9.84 Å². The molecule has 1 saturated heterocycles. The fourth-order valence-electron chi connectivity index (χ4n) is 2.25. The Labute approximate surface area is 124 Å². The second-order valence-corrected chi connectivity index (χ2v) is 7.80. The molecule has 8 heteroatoms. The van der Waals surface area contributed by atoms with Gasteiger partial charge in [-0.2, -0.15) is 0 Å². The molecule has 0 bridgehead atoms. The molecule has 1 atom stereocenters. The van der Waals surface area contributed by atoms with E-state index in [0.717, 1.165) is 0 Å². The van der Waals surface area contributed by atoms with Crippen molar-refractivity contribution in [3.63, 3.8) is 0 Å². The summed E-state index contributed by atoms with van der Waals surface area (Å²) in [6.07, 6.45) is 0.477. The van der Waals surface area contributed by atoms with Crippen molar-refractivity contribution in [1.82, 2.24) is 15.1 Å². The molecule has 0 aromatic carbocycles. The van der Waals surface area contributed by atoms with Gasteiger partial charge in [0.1, 0.15) is 5.82 Å². The van der Waals surface area contributed by atoms with E-state index in [1.54, 1.807) is 19.2 Å². The van der Waals surface area contributed by atoms with Crippen molar-refractivity contribution in [1.29, 1.82) is 0 Å². The lowest BCUT2D eigenvalue weighted by molar-refractivity contribution is 0.0740. The fourth-order valence-corrected chi connectivity index (χ4v) is 4.02. The molecule has 1 N–H and O–H groups in total. The van der Waals surface area contributed by atoms with Crippen molar-refractivity contribution >= 4 is 21.6 Å². The Hall–Kier alpha value is -1.70. The SMILES string of the molecule is CC(C)Nc1ccc(C(=O)N(C)C2CCS(=O)(=O)C2)nn1. The van der Waals surface area contributed by atoms with Gasteiger partial charge in [0.2, 0.25) is 0 Å². The molecule has 1 aromatic heterocycles. The number of aromatic nitrogens is 2. The Morgan fingerprint density at radius 3 is 2.57 bits per heavy atom. The Kier molecular flexibility index (Phi) is 4.46. The van der Waals surface area contributed by atoms with Gasteiger partial charge in [0.05, 0.1) is 11.5 Å². The highest BCUT2D eigenvalue weighted by Gasteiger charge is 2.33. The topological polar surface area (TPSA) is 92.3 Å². The van der Waals surface area contributed by atoms with Crippen molar-refractivity contribution in [2.45, 2.75) is 32.4 Å². The number of nitrogens with zero attached hydrogens (tertiary/aromatic N) is 3. The Morgan fingerprint density at radius 1 is 1.38 bits per heavy atom. The van der Waals surface area contributed by atoms with Gasteiger partial charge in [0, 0.05) is 19.1 Å². The molecule has 0 spiro atoms. The summed E-state index contributed by atoms with van der Waals surface area (Å²) in [5, 5.41) is 10.9. The second kappa shape index (κ2) is 5.97. The number of hydrogen-bond donors (Lipinski definition) is 1. The average Bonchev–Trinajstić information content (AvgIpc) is 2.77. The summed E-state index contributed by atoms with van der Waals surface area (Å²) < 4.78 is 23.0. The Bertz CT molecular complexity index is 613. The van der Waals surface area contributed by atoms with E-state index in [-0.39, 0.29) is 35.2 Å². The highest BCUT2D eigenvalue weighted by molar-refractivity contribution is 7.91. The van der Waals surface area contributed by atoms with Gasteiger partial charge in [-0.25, -0.2) is 8.42 Å². The molecular weight excluding hydrogens is 292 g/mol. The molecule has 21 heavy (non-hydrogen) atoms. The molecule has 7 nitrogen and oxygen atoms in total. The minimum absolute atomic E-state index is 0.0235. The minimum atomic E-state index is -3.02. The van der Waals surface area contributed by atoms with Gasteiger partial charge < -0.3 is 10.2 Å². The van der Waals surface area contributed by atoms with Crippen LogP contribution in [0.1, 0.15) is 30.8 Å². The van der Waals surface area contributed by atoms with E-state index in [1.165, 1.54) is 4.90 Å². The summed E-state index contributed by atoms with van der Waals surface area (Å²) in [5.74, 6) is 0.460. The number of anilines is 1. The summed E-state index contributed by atoms with van der Waals surface area (Å²) in [6.45, 7) is 3.96. The molecule has 1 aliphatic rings. The predicted molar refractivity (Wildman–Crippen MR) is 79.9 cm³/mol. The van der Waals surface area contributed by atoms with E-state index in [0.29, 0.717) is 12.2 Å². The molecule has 0 saturated carbocycles. The monoisotopic (exact) mass is 312 g/mol. The summed E-state index contributed by atoms with van der Waals surface area (Å²) >= 11 is 0. The summed E-state index contributed by atoms with van der Waals surface area (Å²) in [7, 11) is -1.41. The zero-order valence-corrected chi connectivity index (χ0v) is 13.2. The first-order chi connectivity index (χ1) is 9.78. The lowest BCUT2D eigenvalue weighted by atomic mass is 10.2. The van der Waals surface area contributed by atoms with Crippen LogP contribution < -0.4 is 5.32 Å². The molecule has 1 amide bonds. The average molecular weight is 312 g/mol. The molecule has 2 rings (SSSR count). The van der Waals surface area contributed by atoms with Gasteiger partial charge in [-0.3, -0.25) is 4.79 Å². The maximum Gasteiger partial charge on any atom is 0.274 e. The van der Waals surface area contributed by atoms with E-state index in [9.17, 15) is 13.2 Å². The molecule has 2 heterocycles. The van der Waals surface area contributed by atoms with E-state index in [1.807, 2.05) is 13.8 Å². The largest absolute Gasteiger partial charge is 0.366 e. The zero-order chi connectivity index (χ0) is 15.6. The highest BCUT2D eigenvalue weighted by atomic mass is 32.2. The second-order valence-electron chi connectivity index (χ2n) is 5.58. The molecule has 1 unspecified atom stereocenters. The predicted octanol–water partition coefficient (Wildman–Crippen LogP) is 0.556. The first-order valence-corrected chi connectivity index (χ1v) is 8.68. The smallest absolute Gasteiger partial charge is 0.274 e. The number of hydrogen-bond acceptors (Lipinski definition) is 6. The van der Waals surface area contributed by atoms with Crippen molar-refractivity contribution in [3.05, 3.63) is 17.8 Å². The maximum absolute atomic E-state index is 12.3. The molecule has 0 radical (unpaired) electrons. The lowest BCUT2D eigenvalue weighted by Gasteiger charge is -2.22. The molecule has 0 aliphatic carbocycles. The third kappa shape index (κ3) is 3.90. The number of rotatable bonds is 4. The maximum atomic E-state index is 12.3. The first-order valence-electron chi connectivity index (χ1n) is 6.86. The van der Waals surface area contributed by atoms with Gasteiger partial charge in [0.15, 0.2) is 15.5 Å². The third-order valence-corrected chi connectivity index (χ3v) is 5.15. The van der Waals surface area contributed by atoms with Crippen molar-refractivity contribution in [2.24, 2.45) is 0 Å². The van der Waals surface area contributed by atoms with Gasteiger partial charge >= 0.3 is 0 Å². The van der Waals surface area contributed by atoms with Gasteiger partial charge in [0.25, 0.3) is 5.91 Å². The number of sulfone groups is 1. The first kappa shape index (κ1) is 15.7. The van der Waals surface area contributed by atoms with Crippen LogP contribution in [0.15, 0.2) is 12.1 Å². The Morgan fingerprint density at radius 2 is 2.10 bits per heavy atom. The molecular formula is C13H20N4O3S. The summed E-state index contributed by atoms with van der Waals surface area (Å²) in [6, 6.07) is 3.24. The minimum Gasteiger partial charge on any atom is -0.366 e. The van der Waals surface area contributed by atoms with E-state index >= 15 is 0 Å². The quantitative estimate of drug-likeness (QED) is 0.873. The van der Waals surface area contributed by atoms with Gasteiger partial charge in [-0.05, 0) is 32.4 Å². The van der Waals surface area contributed by atoms with E-state index < -0.39 is 9.84 Å². The molecule has 1 aromatic rings. The summed E-state index contributed by atoms with van der Waals surface area (Å²) in [4.78, 5) is 13.7. The highest BCUT2D eigenvalue weighted by Crippen LogP contribution is 2.18. The van der Waals surface area contributed by atoms with Crippen LogP contribution in [-0.4, -0.2) is 60.1 Å². The molecule has 116 valence electrons. The standard InChI is InChI=1S/C13H20N4O3S/c1-9(2)14-12-5-4-11(15-16-12)13(18)17(3)10-6-7-21(19,20)8-10/h4-5,9-10H,6-8H2,1-3H3,(H,14,16). The number of nitrogens with one attached hydrogen (secondary N) is 1. The van der Waals surface area contributed by atoms with Crippen molar-refractivity contribution in [3.8, 4) is 0 Å². The van der Waals surface area contributed by atoms with E-state index in [4.69, 9.17) is 0 Å². The lowest BCUT2D eigenvalue weighted by Crippen LogP contribution is -2.38. The van der Waals surface area contributed by atoms with Gasteiger partial charge in [-0.1, -0.05) is 0 Å². The number of carbonyl (C=O) groups is 1. The Balaban J connectivity index is 2.06. The van der Waals surface area contributed by atoms with Crippen LogP contribution in [0.3, 0.4) is 0 Å². The normalized spacial score (nSPS) is 20.5. The summed E-state index contributed by atoms with van der Waals surface area (Å²) in [5.41, 5.74) is 0.219. The zero-order valence-electron chi connectivity index (χ0n) is 12.4. The van der Waals surface area contributed by atoms with Crippen LogP contribution in [0, 0.1) is 0 Å². The van der Waals surface area contributed by atoms with Crippen LogP contribution in [0.5, 0.6) is 0 Å².